The molecule has 7 nitrogen and oxygen atoms in total. The van der Waals surface area contributed by atoms with Crippen molar-refractivity contribution >= 4 is 11.5 Å². The summed E-state index contributed by atoms with van der Waals surface area (Å²) < 4.78 is 1.56. The minimum Gasteiger partial charge on any atom is -0.363 e. The lowest BCUT2D eigenvalue weighted by Gasteiger charge is -2.06. The fourth-order valence-electron chi connectivity index (χ4n) is 1.93. The van der Waals surface area contributed by atoms with Crippen LogP contribution in [-0.2, 0) is 13.5 Å². The Morgan fingerprint density at radius 1 is 1.26 bits per heavy atom. The topological polar surface area (TPSA) is 85.0 Å². The second kappa shape index (κ2) is 7.73. The van der Waals surface area contributed by atoms with Gasteiger partial charge >= 0.3 is 5.69 Å². The van der Waals surface area contributed by atoms with Crippen molar-refractivity contribution in [3.05, 3.63) is 15.8 Å². The van der Waals surface area contributed by atoms with Gasteiger partial charge in [-0.1, -0.05) is 20.3 Å². The molecular weight excluding hydrogens is 246 g/mol. The summed E-state index contributed by atoms with van der Waals surface area (Å²) in [6.45, 7) is 6.46. The number of hydrogen-bond acceptors (Lipinski definition) is 5. The van der Waals surface area contributed by atoms with Crippen molar-refractivity contribution in [2.75, 3.05) is 25.0 Å². The van der Waals surface area contributed by atoms with Gasteiger partial charge in [-0.05, 0) is 19.4 Å². The van der Waals surface area contributed by atoms with E-state index in [1.54, 1.807) is 11.7 Å². The van der Waals surface area contributed by atoms with Crippen LogP contribution in [0, 0.1) is 10.1 Å². The number of rotatable bonds is 9. The average Bonchev–Trinajstić information content (AvgIpc) is 2.66. The third-order valence-electron chi connectivity index (χ3n) is 2.78. The van der Waals surface area contributed by atoms with E-state index in [0.717, 1.165) is 25.9 Å². The zero-order valence-corrected chi connectivity index (χ0v) is 11.9. The van der Waals surface area contributed by atoms with E-state index in [4.69, 9.17) is 0 Å². The van der Waals surface area contributed by atoms with E-state index < -0.39 is 0 Å². The lowest BCUT2D eigenvalue weighted by atomic mass is 10.2. The fourth-order valence-corrected chi connectivity index (χ4v) is 1.93. The van der Waals surface area contributed by atoms with Crippen molar-refractivity contribution in [1.82, 2.24) is 15.1 Å². The van der Waals surface area contributed by atoms with Gasteiger partial charge in [-0.2, -0.15) is 5.10 Å². The molecule has 0 fully saturated rings. The first-order chi connectivity index (χ1) is 9.11. The van der Waals surface area contributed by atoms with Crippen molar-refractivity contribution in [3.8, 4) is 0 Å². The Kier molecular flexibility index (Phi) is 6.27. The molecule has 7 heteroatoms. The van der Waals surface area contributed by atoms with Gasteiger partial charge in [0, 0.05) is 20.1 Å². The zero-order valence-electron chi connectivity index (χ0n) is 11.9. The molecule has 1 aromatic heterocycles. The zero-order chi connectivity index (χ0) is 14.3. The van der Waals surface area contributed by atoms with Crippen molar-refractivity contribution in [2.24, 2.45) is 7.05 Å². The van der Waals surface area contributed by atoms with Gasteiger partial charge < -0.3 is 10.6 Å². The van der Waals surface area contributed by atoms with Crippen LogP contribution in [0.1, 0.15) is 32.4 Å². The Bertz CT molecular complexity index is 416. The van der Waals surface area contributed by atoms with Crippen LogP contribution in [0.25, 0.3) is 0 Å². The average molecular weight is 269 g/mol. The lowest BCUT2D eigenvalue weighted by Crippen LogP contribution is -2.23. The van der Waals surface area contributed by atoms with E-state index in [1.807, 2.05) is 6.92 Å². The van der Waals surface area contributed by atoms with E-state index >= 15 is 0 Å². The summed E-state index contributed by atoms with van der Waals surface area (Å²) >= 11 is 0. The first-order valence-corrected chi connectivity index (χ1v) is 6.76. The molecule has 0 bridgehead atoms. The van der Waals surface area contributed by atoms with E-state index in [1.165, 1.54) is 0 Å². The van der Waals surface area contributed by atoms with Crippen molar-refractivity contribution in [1.29, 1.82) is 0 Å². The third-order valence-corrected chi connectivity index (χ3v) is 2.78. The molecule has 0 aliphatic carbocycles. The largest absolute Gasteiger partial charge is 0.363 e. The van der Waals surface area contributed by atoms with Crippen LogP contribution in [-0.4, -0.2) is 34.3 Å². The number of nitro groups is 1. The maximum Gasteiger partial charge on any atom is 0.333 e. The molecular formula is C12H23N5O2. The van der Waals surface area contributed by atoms with Gasteiger partial charge in [0.05, 0.1) is 4.92 Å². The monoisotopic (exact) mass is 269 g/mol. The molecule has 0 spiro atoms. The molecule has 0 radical (unpaired) electrons. The van der Waals surface area contributed by atoms with Crippen LogP contribution in [0.15, 0.2) is 0 Å². The van der Waals surface area contributed by atoms with Gasteiger partial charge in [-0.15, -0.1) is 0 Å². The number of nitrogens with one attached hydrogen (secondary N) is 2. The van der Waals surface area contributed by atoms with Crippen LogP contribution >= 0.6 is 0 Å². The predicted octanol–water partition coefficient (Wildman–Crippen LogP) is 1.69. The predicted molar refractivity (Wildman–Crippen MR) is 75.5 cm³/mol. The van der Waals surface area contributed by atoms with Crippen molar-refractivity contribution in [2.45, 2.75) is 33.1 Å². The number of anilines is 1. The van der Waals surface area contributed by atoms with E-state index in [2.05, 4.69) is 22.7 Å². The lowest BCUT2D eigenvalue weighted by molar-refractivity contribution is -0.384. The summed E-state index contributed by atoms with van der Waals surface area (Å²) in [6, 6.07) is 0. The molecule has 0 aliphatic heterocycles. The number of nitrogens with zero attached hydrogens (tertiary/aromatic N) is 3. The van der Waals surface area contributed by atoms with E-state index in [0.29, 0.717) is 24.5 Å². The summed E-state index contributed by atoms with van der Waals surface area (Å²) in [5, 5.41) is 21.7. The highest BCUT2D eigenvalue weighted by molar-refractivity contribution is 5.59. The first kappa shape index (κ1) is 15.4. The van der Waals surface area contributed by atoms with Gasteiger partial charge in [0.25, 0.3) is 0 Å². The standard InChI is InChI=1S/C12H23N5O2/c1-4-6-10-11(17(18)19)12(16(3)15-10)14-9-8-13-7-5-2/h13-14H,4-9H2,1-3H3. The molecule has 2 N–H and O–H groups in total. The molecule has 108 valence electrons. The Labute approximate surface area is 113 Å². The maximum atomic E-state index is 11.2. The maximum absolute atomic E-state index is 11.2. The Hall–Kier alpha value is -1.63. The second-order valence-electron chi connectivity index (χ2n) is 4.45. The Morgan fingerprint density at radius 3 is 2.58 bits per heavy atom. The van der Waals surface area contributed by atoms with Gasteiger partial charge in [0.1, 0.15) is 5.69 Å². The minimum absolute atomic E-state index is 0.111. The van der Waals surface area contributed by atoms with E-state index in [9.17, 15) is 10.1 Å². The van der Waals surface area contributed by atoms with Gasteiger partial charge in [-0.3, -0.25) is 10.1 Å². The van der Waals surface area contributed by atoms with Crippen molar-refractivity contribution in [3.63, 3.8) is 0 Å². The summed E-state index contributed by atoms with van der Waals surface area (Å²) in [6.07, 6.45) is 2.54. The molecule has 0 amide bonds. The molecule has 0 saturated carbocycles. The molecule has 0 unspecified atom stereocenters. The highest BCUT2D eigenvalue weighted by Crippen LogP contribution is 2.28. The van der Waals surface area contributed by atoms with Gasteiger partial charge in [0.2, 0.25) is 5.82 Å². The second-order valence-corrected chi connectivity index (χ2v) is 4.45. The van der Waals surface area contributed by atoms with E-state index in [-0.39, 0.29) is 10.6 Å². The summed E-state index contributed by atoms with van der Waals surface area (Å²) in [5.41, 5.74) is 0.666. The molecule has 0 atom stereocenters. The van der Waals surface area contributed by atoms with Crippen LogP contribution in [0.2, 0.25) is 0 Å². The molecule has 0 aliphatic rings. The first-order valence-electron chi connectivity index (χ1n) is 6.76. The number of aryl methyl sites for hydroxylation is 2. The molecule has 1 rings (SSSR count). The third kappa shape index (κ3) is 4.20. The van der Waals surface area contributed by atoms with Gasteiger partial charge in [-0.25, -0.2) is 4.68 Å². The molecule has 19 heavy (non-hydrogen) atoms. The van der Waals surface area contributed by atoms with Crippen LogP contribution in [0.5, 0.6) is 0 Å². The normalized spacial score (nSPS) is 10.7. The highest BCUT2D eigenvalue weighted by atomic mass is 16.6. The molecule has 0 saturated heterocycles. The van der Waals surface area contributed by atoms with Crippen LogP contribution in [0.4, 0.5) is 11.5 Å². The number of aromatic nitrogens is 2. The Morgan fingerprint density at radius 2 is 2.00 bits per heavy atom. The Balaban J connectivity index is 2.72. The summed E-state index contributed by atoms with van der Waals surface area (Å²) in [7, 11) is 1.73. The van der Waals surface area contributed by atoms with Crippen LogP contribution < -0.4 is 10.6 Å². The highest BCUT2D eigenvalue weighted by Gasteiger charge is 2.25. The fraction of sp³-hybridized carbons (Fsp3) is 0.750. The molecule has 1 aromatic rings. The number of hydrogen-bond donors (Lipinski definition) is 2. The minimum atomic E-state index is -0.347. The van der Waals surface area contributed by atoms with Gasteiger partial charge in [0.15, 0.2) is 0 Å². The summed E-state index contributed by atoms with van der Waals surface area (Å²) in [4.78, 5) is 10.8. The van der Waals surface area contributed by atoms with Crippen molar-refractivity contribution < 1.29 is 4.92 Å². The molecule has 0 aromatic carbocycles. The van der Waals surface area contributed by atoms with Crippen LogP contribution in [0.3, 0.4) is 0 Å². The molecule has 1 heterocycles. The smallest absolute Gasteiger partial charge is 0.333 e. The summed E-state index contributed by atoms with van der Waals surface area (Å²) in [5.74, 6) is 0.492. The SMILES string of the molecule is CCCNCCNc1c([N+](=O)[O-])c(CCC)nn1C. The quantitative estimate of drug-likeness (QED) is 0.405.